The Morgan fingerprint density at radius 3 is 2.72 bits per heavy atom. The highest BCUT2D eigenvalue weighted by Gasteiger charge is 2.18. The van der Waals surface area contributed by atoms with Crippen LogP contribution in [0, 0.1) is 0 Å². The summed E-state index contributed by atoms with van der Waals surface area (Å²) in [4.78, 5) is 22.4. The van der Waals surface area contributed by atoms with Crippen molar-refractivity contribution in [3.8, 4) is 0 Å². The Balaban J connectivity index is 2.50. The Bertz CT molecular complexity index is 367. The summed E-state index contributed by atoms with van der Waals surface area (Å²) in [7, 11) is 0. The first-order valence-electron chi connectivity index (χ1n) is 6.35. The minimum Gasteiger partial charge on any atom is -0.465 e. The smallest absolute Gasteiger partial charge is 0.306 e. The minimum atomic E-state index is -0.345. The fourth-order valence-electron chi connectivity index (χ4n) is 1.62. The van der Waals surface area contributed by atoms with Crippen LogP contribution in [0.2, 0.25) is 0 Å². The maximum Gasteiger partial charge on any atom is 0.306 e. The molecule has 1 unspecified atom stereocenters. The average molecular weight is 252 g/mol. The van der Waals surface area contributed by atoms with E-state index in [1.54, 1.807) is 18.4 Å². The van der Waals surface area contributed by atoms with Gasteiger partial charge < -0.3 is 13.9 Å². The Morgan fingerprint density at radius 1 is 1.39 bits per heavy atom. The molecular formula is C14H20O4. The molecular weight excluding hydrogens is 232 g/mol. The van der Waals surface area contributed by atoms with Crippen LogP contribution in [0.3, 0.4) is 0 Å². The largest absolute Gasteiger partial charge is 0.465 e. The Hall–Kier alpha value is -1.58. The summed E-state index contributed by atoms with van der Waals surface area (Å²) in [6, 6.07) is 3.58. The van der Waals surface area contributed by atoms with Crippen LogP contribution < -0.4 is 0 Å². The van der Waals surface area contributed by atoms with E-state index in [0.717, 1.165) is 19.3 Å². The maximum absolute atomic E-state index is 11.6. The second kappa shape index (κ2) is 7.69. The number of unbranched alkanes of at least 4 members (excludes halogenated alkanes) is 1. The fourth-order valence-corrected chi connectivity index (χ4v) is 1.62. The molecule has 1 aromatic heterocycles. The Labute approximate surface area is 107 Å². The van der Waals surface area contributed by atoms with Crippen LogP contribution in [0.5, 0.6) is 0 Å². The van der Waals surface area contributed by atoms with Crippen molar-refractivity contribution in [3.63, 3.8) is 0 Å². The number of ether oxygens (including phenoxy) is 1. The van der Waals surface area contributed by atoms with Crippen molar-refractivity contribution in [2.24, 2.45) is 0 Å². The quantitative estimate of drug-likeness (QED) is 0.665. The van der Waals surface area contributed by atoms with Gasteiger partial charge in [0.15, 0.2) is 6.10 Å². The van der Waals surface area contributed by atoms with Gasteiger partial charge >= 0.3 is 5.97 Å². The highest BCUT2D eigenvalue weighted by Crippen LogP contribution is 2.24. The van der Waals surface area contributed by atoms with Gasteiger partial charge in [-0.05, 0) is 31.9 Å². The fraction of sp³-hybridized carbons (Fsp3) is 0.571. The van der Waals surface area contributed by atoms with E-state index in [0.29, 0.717) is 5.76 Å². The lowest BCUT2D eigenvalue weighted by Gasteiger charge is -2.15. The van der Waals surface area contributed by atoms with Crippen molar-refractivity contribution in [1.29, 1.82) is 0 Å². The van der Waals surface area contributed by atoms with Crippen LogP contribution in [0.15, 0.2) is 22.8 Å². The normalized spacial score (nSPS) is 12.1. The zero-order valence-electron chi connectivity index (χ0n) is 11.0. The van der Waals surface area contributed by atoms with E-state index in [-0.39, 0.29) is 30.7 Å². The highest BCUT2D eigenvalue weighted by atomic mass is 16.6. The van der Waals surface area contributed by atoms with Gasteiger partial charge in [0.05, 0.1) is 12.7 Å². The summed E-state index contributed by atoms with van der Waals surface area (Å²) in [6.07, 6.45) is 4.34. The van der Waals surface area contributed by atoms with Crippen molar-refractivity contribution in [3.05, 3.63) is 24.2 Å². The topological polar surface area (TPSA) is 56.5 Å². The van der Waals surface area contributed by atoms with E-state index < -0.39 is 0 Å². The molecule has 0 fully saturated rings. The molecule has 18 heavy (non-hydrogen) atoms. The maximum atomic E-state index is 11.6. The first-order chi connectivity index (χ1) is 8.63. The average Bonchev–Trinajstić information content (AvgIpc) is 2.85. The third kappa shape index (κ3) is 5.17. The second-order valence-corrected chi connectivity index (χ2v) is 4.34. The Morgan fingerprint density at radius 2 is 2.17 bits per heavy atom. The van der Waals surface area contributed by atoms with Crippen LogP contribution in [0.1, 0.15) is 57.8 Å². The number of hydrogen-bond acceptors (Lipinski definition) is 4. The summed E-state index contributed by atoms with van der Waals surface area (Å²) in [6.45, 7) is 3.55. The third-order valence-corrected chi connectivity index (χ3v) is 2.64. The molecule has 1 aromatic rings. The summed E-state index contributed by atoms with van der Waals surface area (Å²) in [5.74, 6) is 0.317. The molecule has 0 aliphatic heterocycles. The van der Waals surface area contributed by atoms with E-state index in [1.165, 1.54) is 6.92 Å². The van der Waals surface area contributed by atoms with E-state index in [1.807, 2.05) is 0 Å². The van der Waals surface area contributed by atoms with Gasteiger partial charge in [0.25, 0.3) is 0 Å². The number of esters is 1. The van der Waals surface area contributed by atoms with Crippen molar-refractivity contribution in [2.45, 2.75) is 52.1 Å². The monoisotopic (exact) mass is 252 g/mol. The minimum absolute atomic E-state index is 0.00458. The lowest BCUT2D eigenvalue weighted by molar-refractivity contribution is -0.151. The highest BCUT2D eigenvalue weighted by molar-refractivity contribution is 5.81. The van der Waals surface area contributed by atoms with Gasteiger partial charge in [0.2, 0.25) is 0 Å². The number of Topliss-reactive ketones (excluding diaryl/α,β-unsaturated/α-hetero) is 1. The van der Waals surface area contributed by atoms with E-state index in [4.69, 9.17) is 9.15 Å². The number of carbonyl (C=O) groups is 2. The molecule has 1 heterocycles. The number of ketones is 1. The predicted molar refractivity (Wildman–Crippen MR) is 67.0 cm³/mol. The Kier molecular flexibility index (Phi) is 6.19. The molecule has 0 spiro atoms. The zero-order chi connectivity index (χ0) is 13.4. The molecule has 1 rings (SSSR count). The summed E-state index contributed by atoms with van der Waals surface area (Å²) >= 11 is 0. The molecule has 0 saturated carbocycles. The lowest BCUT2D eigenvalue weighted by atomic mass is 10.1. The van der Waals surface area contributed by atoms with E-state index in [2.05, 4.69) is 6.92 Å². The molecule has 100 valence electrons. The zero-order valence-corrected chi connectivity index (χ0v) is 11.0. The van der Waals surface area contributed by atoms with Gasteiger partial charge in [-0.25, -0.2) is 0 Å². The molecule has 1 atom stereocenters. The van der Waals surface area contributed by atoms with Gasteiger partial charge in [-0.15, -0.1) is 0 Å². The first kappa shape index (κ1) is 14.5. The number of furan rings is 1. The van der Waals surface area contributed by atoms with Crippen molar-refractivity contribution in [1.82, 2.24) is 0 Å². The third-order valence-electron chi connectivity index (χ3n) is 2.64. The van der Waals surface area contributed by atoms with Crippen molar-refractivity contribution in [2.75, 3.05) is 0 Å². The van der Waals surface area contributed by atoms with Gasteiger partial charge in [0, 0.05) is 6.42 Å². The van der Waals surface area contributed by atoms with Crippen LogP contribution >= 0.6 is 0 Å². The van der Waals surface area contributed by atoms with Gasteiger partial charge in [-0.2, -0.15) is 0 Å². The molecule has 0 radical (unpaired) electrons. The standard InChI is InChI=1S/C14H20O4/c1-3-4-6-13(12-7-5-10-17-12)18-14(16)9-8-11(2)15/h5,7,10,13H,3-4,6,8-9H2,1-2H3. The van der Waals surface area contributed by atoms with Crippen LogP contribution in [-0.4, -0.2) is 11.8 Å². The van der Waals surface area contributed by atoms with E-state index in [9.17, 15) is 9.59 Å². The second-order valence-electron chi connectivity index (χ2n) is 4.34. The molecule has 0 saturated heterocycles. The SMILES string of the molecule is CCCCC(OC(=O)CCC(C)=O)c1ccco1. The van der Waals surface area contributed by atoms with Crippen LogP contribution in [0.25, 0.3) is 0 Å². The van der Waals surface area contributed by atoms with Crippen LogP contribution in [-0.2, 0) is 14.3 Å². The molecule has 0 aliphatic carbocycles. The number of carbonyl (C=O) groups excluding carboxylic acids is 2. The van der Waals surface area contributed by atoms with E-state index >= 15 is 0 Å². The van der Waals surface area contributed by atoms with Gasteiger partial charge in [-0.3, -0.25) is 4.79 Å². The predicted octanol–water partition coefficient (Wildman–Crippen LogP) is 3.42. The summed E-state index contributed by atoms with van der Waals surface area (Å²) in [5.41, 5.74) is 0. The molecule has 0 aliphatic rings. The van der Waals surface area contributed by atoms with Crippen molar-refractivity contribution < 1.29 is 18.7 Å². The van der Waals surface area contributed by atoms with Gasteiger partial charge in [0.1, 0.15) is 11.5 Å². The first-order valence-corrected chi connectivity index (χ1v) is 6.35. The molecule has 0 bridgehead atoms. The molecule has 4 nitrogen and oxygen atoms in total. The molecule has 0 N–H and O–H groups in total. The lowest BCUT2D eigenvalue weighted by Crippen LogP contribution is -2.12. The molecule has 4 heteroatoms. The van der Waals surface area contributed by atoms with Crippen molar-refractivity contribution >= 4 is 11.8 Å². The summed E-state index contributed by atoms with van der Waals surface area (Å²) in [5, 5.41) is 0. The van der Waals surface area contributed by atoms with Crippen LogP contribution in [0.4, 0.5) is 0 Å². The molecule has 0 aromatic carbocycles. The van der Waals surface area contributed by atoms with Gasteiger partial charge in [-0.1, -0.05) is 13.3 Å². The number of rotatable bonds is 8. The number of hydrogen-bond donors (Lipinski definition) is 0. The summed E-state index contributed by atoms with van der Waals surface area (Å²) < 4.78 is 10.6. The molecule has 0 amide bonds.